The molecule has 0 aliphatic carbocycles. The largest absolute Gasteiger partial charge is 0.477 e. The zero-order valence-corrected chi connectivity index (χ0v) is 14.0. The number of hydrogen-bond donors (Lipinski definition) is 3. The first-order valence-electron chi connectivity index (χ1n) is 8.58. The number of nitrogens with one attached hydrogen (secondary N) is 1. The van der Waals surface area contributed by atoms with Crippen LogP contribution in [0.25, 0.3) is 11.3 Å². The number of carbonyl (C=O) groups is 1. The molecule has 134 valence electrons. The van der Waals surface area contributed by atoms with Crippen LogP contribution >= 0.6 is 0 Å². The molecular formula is C18H23N3O4. The van der Waals surface area contributed by atoms with Crippen LogP contribution in [0.5, 0.6) is 0 Å². The van der Waals surface area contributed by atoms with Gasteiger partial charge in [0.25, 0.3) is 0 Å². The number of aromatic nitrogens is 1. The fourth-order valence-corrected chi connectivity index (χ4v) is 3.27. The van der Waals surface area contributed by atoms with Crippen molar-refractivity contribution in [1.82, 2.24) is 10.1 Å². The quantitative estimate of drug-likeness (QED) is 0.708. The van der Waals surface area contributed by atoms with Gasteiger partial charge in [0.2, 0.25) is 0 Å². The smallest absolute Gasteiger partial charge is 0.343 e. The van der Waals surface area contributed by atoms with Crippen LogP contribution in [-0.4, -0.2) is 58.5 Å². The summed E-state index contributed by atoms with van der Waals surface area (Å²) in [4.78, 5) is 13.9. The summed E-state index contributed by atoms with van der Waals surface area (Å²) < 4.78 is 5.28. The van der Waals surface area contributed by atoms with E-state index in [9.17, 15) is 15.0 Å². The third-order valence-corrected chi connectivity index (χ3v) is 4.59. The zero-order chi connectivity index (χ0) is 17.6. The van der Waals surface area contributed by atoms with E-state index in [0.717, 1.165) is 32.4 Å². The minimum absolute atomic E-state index is 0.0450. The van der Waals surface area contributed by atoms with Crippen LogP contribution in [0.2, 0.25) is 0 Å². The molecule has 3 rings (SSSR count). The lowest BCUT2D eigenvalue weighted by atomic mass is 10.0. The highest BCUT2D eigenvalue weighted by molar-refractivity contribution is 5.99. The first kappa shape index (κ1) is 17.4. The van der Waals surface area contributed by atoms with Crippen molar-refractivity contribution in [2.75, 3.05) is 31.6 Å². The number of nitrogens with zero attached hydrogens (tertiary/aromatic N) is 2. The van der Waals surface area contributed by atoms with Gasteiger partial charge in [0.1, 0.15) is 0 Å². The lowest BCUT2D eigenvalue weighted by Crippen LogP contribution is -2.44. The van der Waals surface area contributed by atoms with Gasteiger partial charge in [0.05, 0.1) is 6.61 Å². The number of benzene rings is 1. The molecule has 0 radical (unpaired) electrons. The third kappa shape index (κ3) is 4.00. The van der Waals surface area contributed by atoms with Gasteiger partial charge >= 0.3 is 5.97 Å². The van der Waals surface area contributed by atoms with E-state index in [1.807, 2.05) is 18.2 Å². The maximum absolute atomic E-state index is 11.7. The van der Waals surface area contributed by atoms with Crippen LogP contribution in [0, 0.1) is 0 Å². The van der Waals surface area contributed by atoms with Gasteiger partial charge in [-0.1, -0.05) is 41.9 Å². The molecular weight excluding hydrogens is 322 g/mol. The van der Waals surface area contributed by atoms with E-state index in [1.54, 1.807) is 12.1 Å². The summed E-state index contributed by atoms with van der Waals surface area (Å²) >= 11 is 0. The van der Waals surface area contributed by atoms with Crippen LogP contribution in [0.4, 0.5) is 5.82 Å². The second-order valence-corrected chi connectivity index (χ2v) is 6.20. The topological polar surface area (TPSA) is 98.8 Å². The van der Waals surface area contributed by atoms with Gasteiger partial charge in [0.15, 0.2) is 17.1 Å². The van der Waals surface area contributed by atoms with E-state index >= 15 is 0 Å². The molecule has 1 aromatic heterocycles. The van der Waals surface area contributed by atoms with Crippen LogP contribution in [0.1, 0.15) is 29.6 Å². The Hall–Kier alpha value is -2.38. The maximum atomic E-state index is 11.7. The summed E-state index contributed by atoms with van der Waals surface area (Å²) in [6.45, 7) is 2.37. The minimum Gasteiger partial charge on any atom is -0.477 e. The summed E-state index contributed by atoms with van der Waals surface area (Å²) in [6, 6.07) is 9.26. The summed E-state index contributed by atoms with van der Waals surface area (Å²) in [7, 11) is 0. The second-order valence-electron chi connectivity index (χ2n) is 6.20. The minimum atomic E-state index is -1.08. The van der Waals surface area contributed by atoms with E-state index in [1.165, 1.54) is 0 Å². The Balaban J connectivity index is 1.68. The predicted octanol–water partition coefficient (Wildman–Crippen LogP) is 2.30. The highest BCUT2D eigenvalue weighted by Crippen LogP contribution is 2.29. The molecule has 2 aromatic rings. The van der Waals surface area contributed by atoms with Crippen LogP contribution in [0.15, 0.2) is 34.9 Å². The van der Waals surface area contributed by atoms with E-state index < -0.39 is 5.97 Å². The summed E-state index contributed by atoms with van der Waals surface area (Å²) in [5.41, 5.74) is 0.723. The van der Waals surface area contributed by atoms with Crippen molar-refractivity contribution in [3.05, 3.63) is 35.9 Å². The standard InChI is InChI=1S/C18H23N3O4/c22-12-14-8-4-5-10-21(14)11-9-19-17-15(18(23)24)16(25-20-17)13-6-2-1-3-7-13/h1-3,6-7,14,22H,4-5,8-12H2,(H,19,20)(H,23,24). The van der Waals surface area contributed by atoms with E-state index in [0.29, 0.717) is 12.1 Å². The average Bonchev–Trinajstić information content (AvgIpc) is 3.07. The number of rotatable bonds is 7. The molecule has 2 heterocycles. The molecule has 1 aromatic carbocycles. The lowest BCUT2D eigenvalue weighted by Gasteiger charge is -2.34. The summed E-state index contributed by atoms with van der Waals surface area (Å²) in [5.74, 6) is -0.584. The number of aromatic carboxylic acids is 1. The Kier molecular flexibility index (Phi) is 5.67. The predicted molar refractivity (Wildman–Crippen MR) is 93.7 cm³/mol. The first-order chi connectivity index (χ1) is 12.2. The Morgan fingerprint density at radius 2 is 2.12 bits per heavy atom. The maximum Gasteiger partial charge on any atom is 0.343 e. The first-order valence-corrected chi connectivity index (χ1v) is 8.58. The molecule has 0 amide bonds. The molecule has 1 saturated heterocycles. The molecule has 7 heteroatoms. The molecule has 1 fully saturated rings. The molecule has 1 atom stereocenters. The number of likely N-dealkylation sites (tertiary alicyclic amines) is 1. The summed E-state index contributed by atoms with van der Waals surface area (Å²) in [5, 5.41) is 26.0. The van der Waals surface area contributed by atoms with E-state index in [-0.39, 0.29) is 29.8 Å². The molecule has 0 bridgehead atoms. The molecule has 25 heavy (non-hydrogen) atoms. The van der Waals surface area contributed by atoms with Gasteiger partial charge in [-0.05, 0) is 19.4 Å². The fraction of sp³-hybridized carbons (Fsp3) is 0.444. The molecule has 3 N–H and O–H groups in total. The molecule has 1 aliphatic rings. The van der Waals surface area contributed by atoms with Gasteiger partial charge in [-0.25, -0.2) is 4.79 Å². The number of carboxylic acid groups (broad SMARTS) is 1. The molecule has 1 unspecified atom stereocenters. The van der Waals surface area contributed by atoms with Crippen molar-refractivity contribution in [2.45, 2.75) is 25.3 Å². The molecule has 0 saturated carbocycles. The third-order valence-electron chi connectivity index (χ3n) is 4.59. The number of hydrogen-bond acceptors (Lipinski definition) is 6. The van der Waals surface area contributed by atoms with Crippen molar-refractivity contribution in [1.29, 1.82) is 0 Å². The Morgan fingerprint density at radius 1 is 1.32 bits per heavy atom. The van der Waals surface area contributed by atoms with Crippen molar-refractivity contribution in [3.63, 3.8) is 0 Å². The Labute approximate surface area is 146 Å². The van der Waals surface area contributed by atoms with Crippen LogP contribution < -0.4 is 5.32 Å². The highest BCUT2D eigenvalue weighted by atomic mass is 16.5. The fourth-order valence-electron chi connectivity index (χ4n) is 3.27. The van der Waals surface area contributed by atoms with Gasteiger partial charge in [0, 0.05) is 24.7 Å². The molecule has 1 aliphatic heterocycles. The SMILES string of the molecule is O=C(O)c1c(NCCN2CCCCC2CO)noc1-c1ccccc1. The zero-order valence-electron chi connectivity index (χ0n) is 14.0. The van der Waals surface area contributed by atoms with Gasteiger partial charge in [-0.3, -0.25) is 4.90 Å². The van der Waals surface area contributed by atoms with Crippen LogP contribution in [0.3, 0.4) is 0 Å². The average molecular weight is 345 g/mol. The molecule has 7 nitrogen and oxygen atoms in total. The Morgan fingerprint density at radius 3 is 2.84 bits per heavy atom. The van der Waals surface area contributed by atoms with Crippen molar-refractivity contribution in [3.8, 4) is 11.3 Å². The highest BCUT2D eigenvalue weighted by Gasteiger charge is 2.25. The van der Waals surface area contributed by atoms with Crippen LogP contribution in [-0.2, 0) is 0 Å². The van der Waals surface area contributed by atoms with Gasteiger partial charge in [-0.2, -0.15) is 0 Å². The lowest BCUT2D eigenvalue weighted by molar-refractivity contribution is 0.0698. The monoisotopic (exact) mass is 345 g/mol. The number of aliphatic hydroxyl groups is 1. The number of piperidine rings is 1. The van der Waals surface area contributed by atoms with Crippen molar-refractivity contribution >= 4 is 11.8 Å². The van der Waals surface area contributed by atoms with E-state index in [4.69, 9.17) is 4.52 Å². The second kappa shape index (κ2) is 8.13. The van der Waals surface area contributed by atoms with Crippen molar-refractivity contribution in [2.24, 2.45) is 0 Å². The molecule has 0 spiro atoms. The number of carboxylic acids is 1. The van der Waals surface area contributed by atoms with Crippen molar-refractivity contribution < 1.29 is 19.5 Å². The van der Waals surface area contributed by atoms with Gasteiger partial charge in [-0.15, -0.1) is 0 Å². The number of aliphatic hydroxyl groups excluding tert-OH is 1. The van der Waals surface area contributed by atoms with E-state index in [2.05, 4.69) is 15.4 Å². The normalized spacial score (nSPS) is 18.2. The Bertz CT molecular complexity index is 702. The summed E-state index contributed by atoms with van der Waals surface area (Å²) in [6.07, 6.45) is 3.26. The number of anilines is 1. The van der Waals surface area contributed by atoms with Gasteiger partial charge < -0.3 is 20.1 Å².